The Balaban J connectivity index is 1.28. The van der Waals surface area contributed by atoms with Crippen LogP contribution in [0.4, 0.5) is 11.5 Å². The Bertz CT molecular complexity index is 1660. The molecule has 0 aliphatic carbocycles. The van der Waals surface area contributed by atoms with Gasteiger partial charge in [-0.15, -0.1) is 11.3 Å². The number of carbonyl (C=O) groups excluding carboxylic acids is 3. The number of nitrogens with one attached hydrogen (secondary N) is 2. The number of benzene rings is 1. The Morgan fingerprint density at radius 3 is 2.71 bits per heavy atom. The molecule has 0 saturated heterocycles. The number of carbonyl (C=O) groups is 3. The molecule has 1 aliphatic heterocycles. The van der Waals surface area contributed by atoms with E-state index in [1.807, 2.05) is 6.07 Å². The number of fused-ring (bicyclic) bond motifs is 2. The number of thiophene rings is 1. The summed E-state index contributed by atoms with van der Waals surface area (Å²) in [5.41, 5.74) is 10.9. The zero-order valence-corrected chi connectivity index (χ0v) is 20.7. The third kappa shape index (κ3) is 4.99. The molecule has 0 fully saturated rings. The lowest BCUT2D eigenvalue weighted by Crippen LogP contribution is -2.38. The molecule has 0 spiro atoms. The third-order valence-electron chi connectivity index (χ3n) is 5.96. The van der Waals surface area contributed by atoms with E-state index in [4.69, 9.17) is 11.5 Å². The van der Waals surface area contributed by atoms with Crippen molar-refractivity contribution < 1.29 is 14.4 Å². The fourth-order valence-electron chi connectivity index (χ4n) is 4.11. The summed E-state index contributed by atoms with van der Waals surface area (Å²) in [7, 11) is 0. The molecule has 0 saturated carbocycles. The second-order valence-corrected chi connectivity index (χ2v) is 9.69. The van der Waals surface area contributed by atoms with Crippen LogP contribution in [0.15, 0.2) is 64.6 Å². The fourth-order valence-corrected chi connectivity index (χ4v) is 5.14. The topological polar surface area (TPSA) is 187 Å². The second-order valence-electron chi connectivity index (χ2n) is 8.52. The van der Waals surface area contributed by atoms with Gasteiger partial charge in [-0.3, -0.25) is 23.7 Å². The van der Waals surface area contributed by atoms with Crippen LogP contribution in [0.25, 0.3) is 10.1 Å². The van der Waals surface area contributed by atoms with Crippen molar-refractivity contribution in [2.24, 2.45) is 10.7 Å². The molecule has 192 valence electrons. The molecule has 1 unspecified atom stereocenters. The summed E-state index contributed by atoms with van der Waals surface area (Å²) in [6, 6.07) is 11.0. The largest absolute Gasteiger partial charge is 0.384 e. The average molecular weight is 531 g/mol. The van der Waals surface area contributed by atoms with Gasteiger partial charge in [0.05, 0.1) is 12.7 Å². The van der Waals surface area contributed by atoms with Gasteiger partial charge in [0.25, 0.3) is 17.4 Å². The molecule has 3 amide bonds. The molecule has 0 radical (unpaired) electrons. The lowest BCUT2D eigenvalue weighted by Gasteiger charge is -2.15. The standard InChI is InChI=1S/C25H22N8O4S/c26-19-9-18-14(10-28-19)8-15(38-18)11-30-23(35)17-6-7-20-29-12-16(25(37)33(17)20)31-24(36)21(27)32-22(34)13-4-2-1-3-5-13/h1-5,8-10,12,17H,6-7,11H2,(H2,26,28)(H,30,35)(H,31,36)(H2,27,32,34). The number of hydrogen-bond donors (Lipinski definition) is 4. The van der Waals surface area contributed by atoms with E-state index in [0.29, 0.717) is 24.5 Å². The minimum Gasteiger partial charge on any atom is -0.384 e. The summed E-state index contributed by atoms with van der Waals surface area (Å²) in [6.07, 6.45) is 3.68. The Hall–Kier alpha value is -4.91. The predicted molar refractivity (Wildman–Crippen MR) is 143 cm³/mol. The van der Waals surface area contributed by atoms with Gasteiger partial charge < -0.3 is 22.1 Å². The molecule has 38 heavy (non-hydrogen) atoms. The van der Waals surface area contributed by atoms with Gasteiger partial charge in [-0.1, -0.05) is 18.2 Å². The van der Waals surface area contributed by atoms with Crippen molar-refractivity contribution in [1.29, 1.82) is 0 Å². The monoisotopic (exact) mass is 530 g/mol. The van der Waals surface area contributed by atoms with Crippen molar-refractivity contribution in [1.82, 2.24) is 19.9 Å². The first-order valence-corrected chi connectivity index (χ1v) is 12.4. The predicted octanol–water partition coefficient (Wildman–Crippen LogP) is 1.38. The number of aryl methyl sites for hydroxylation is 1. The Morgan fingerprint density at radius 2 is 1.92 bits per heavy atom. The van der Waals surface area contributed by atoms with Crippen LogP contribution >= 0.6 is 11.3 Å². The first-order chi connectivity index (χ1) is 18.3. The summed E-state index contributed by atoms with van der Waals surface area (Å²) < 4.78 is 2.23. The van der Waals surface area contributed by atoms with Crippen molar-refractivity contribution in [2.45, 2.75) is 25.4 Å². The SMILES string of the molecule is NC(=NC(=O)c1ccccc1)C(=O)Nc1cnc2n(c1=O)C(C(=O)NCc1cc3cnc(N)cc3s1)CC2. The Labute approximate surface area is 219 Å². The molecule has 6 N–H and O–H groups in total. The van der Waals surface area contributed by atoms with Crippen LogP contribution in [0.3, 0.4) is 0 Å². The molecule has 5 rings (SSSR count). The van der Waals surface area contributed by atoms with Crippen molar-refractivity contribution in [3.63, 3.8) is 0 Å². The zero-order valence-electron chi connectivity index (χ0n) is 19.9. The summed E-state index contributed by atoms with van der Waals surface area (Å²) >= 11 is 1.49. The first-order valence-electron chi connectivity index (χ1n) is 11.6. The second kappa shape index (κ2) is 10.2. The van der Waals surface area contributed by atoms with Crippen molar-refractivity contribution in [2.75, 3.05) is 11.1 Å². The molecule has 4 aromatic rings. The number of nitrogen functional groups attached to an aromatic ring is 1. The quantitative estimate of drug-likeness (QED) is 0.220. The molecule has 3 aromatic heterocycles. The van der Waals surface area contributed by atoms with E-state index >= 15 is 0 Å². The van der Waals surface area contributed by atoms with Gasteiger partial charge in [-0.05, 0) is 30.7 Å². The van der Waals surface area contributed by atoms with Crippen LogP contribution in [0.2, 0.25) is 0 Å². The normalized spacial score (nSPS) is 14.7. The van der Waals surface area contributed by atoms with Crippen LogP contribution in [0.5, 0.6) is 0 Å². The van der Waals surface area contributed by atoms with Crippen LogP contribution in [-0.4, -0.2) is 38.1 Å². The van der Waals surface area contributed by atoms with Crippen LogP contribution in [0, 0.1) is 0 Å². The molecule has 13 heteroatoms. The van der Waals surface area contributed by atoms with Crippen molar-refractivity contribution in [3.8, 4) is 0 Å². The van der Waals surface area contributed by atoms with E-state index in [2.05, 4.69) is 25.6 Å². The van der Waals surface area contributed by atoms with E-state index in [9.17, 15) is 19.2 Å². The highest BCUT2D eigenvalue weighted by atomic mass is 32.1. The number of amidine groups is 1. The number of amides is 3. The lowest BCUT2D eigenvalue weighted by molar-refractivity contribution is -0.124. The number of hydrogen-bond acceptors (Lipinski definition) is 8. The summed E-state index contributed by atoms with van der Waals surface area (Å²) in [5, 5.41) is 6.14. The van der Waals surface area contributed by atoms with Gasteiger partial charge in [0, 0.05) is 33.1 Å². The number of aliphatic imine (C=N–C) groups is 1. The third-order valence-corrected chi connectivity index (χ3v) is 7.06. The maximum absolute atomic E-state index is 13.2. The fraction of sp³-hybridized carbons (Fsp3) is 0.160. The molecule has 1 aliphatic rings. The van der Waals surface area contributed by atoms with E-state index < -0.39 is 29.3 Å². The van der Waals surface area contributed by atoms with Gasteiger partial charge in [0.2, 0.25) is 5.91 Å². The Kier molecular flexibility index (Phi) is 6.66. The molecule has 0 bridgehead atoms. The minimum absolute atomic E-state index is 0.182. The average Bonchev–Trinajstić information content (AvgIpc) is 3.53. The molecule has 12 nitrogen and oxygen atoms in total. The number of anilines is 2. The Morgan fingerprint density at radius 1 is 1.13 bits per heavy atom. The number of nitrogens with two attached hydrogens (primary N) is 2. The number of rotatable bonds is 5. The van der Waals surface area contributed by atoms with E-state index in [1.165, 1.54) is 34.2 Å². The van der Waals surface area contributed by atoms with Gasteiger partial charge in [0.1, 0.15) is 23.4 Å². The van der Waals surface area contributed by atoms with Crippen molar-refractivity contribution >= 4 is 56.5 Å². The van der Waals surface area contributed by atoms with Crippen LogP contribution < -0.4 is 27.7 Å². The lowest BCUT2D eigenvalue weighted by atomic mass is 10.2. The number of pyridine rings is 1. The molecule has 4 heterocycles. The van der Waals surface area contributed by atoms with Gasteiger partial charge in [-0.2, -0.15) is 4.99 Å². The minimum atomic E-state index is -0.937. The van der Waals surface area contributed by atoms with E-state index in [-0.39, 0.29) is 23.7 Å². The first kappa shape index (κ1) is 24.8. The van der Waals surface area contributed by atoms with Gasteiger partial charge >= 0.3 is 0 Å². The molecule has 1 aromatic carbocycles. The number of nitrogens with zero attached hydrogens (tertiary/aromatic N) is 4. The summed E-state index contributed by atoms with van der Waals surface area (Å²) in [5.74, 6) is -1.75. The van der Waals surface area contributed by atoms with Gasteiger partial charge in [-0.25, -0.2) is 9.97 Å². The smallest absolute Gasteiger partial charge is 0.291 e. The van der Waals surface area contributed by atoms with E-state index in [1.54, 1.807) is 30.5 Å². The van der Waals surface area contributed by atoms with Crippen LogP contribution in [0.1, 0.15) is 33.5 Å². The zero-order chi connectivity index (χ0) is 26.8. The van der Waals surface area contributed by atoms with E-state index in [0.717, 1.165) is 15.0 Å². The molecular weight excluding hydrogens is 508 g/mol. The highest BCUT2D eigenvalue weighted by Gasteiger charge is 2.31. The summed E-state index contributed by atoms with van der Waals surface area (Å²) in [4.78, 5) is 63.7. The van der Waals surface area contributed by atoms with Gasteiger partial charge in [0.15, 0.2) is 5.84 Å². The molecular formula is C25H22N8O4S. The highest BCUT2D eigenvalue weighted by Crippen LogP contribution is 2.27. The maximum Gasteiger partial charge on any atom is 0.291 e. The highest BCUT2D eigenvalue weighted by molar-refractivity contribution is 7.19. The van der Waals surface area contributed by atoms with Crippen molar-refractivity contribution in [3.05, 3.63) is 81.5 Å². The summed E-state index contributed by atoms with van der Waals surface area (Å²) in [6.45, 7) is 0.269. The maximum atomic E-state index is 13.2. The number of aromatic nitrogens is 3. The molecule has 1 atom stereocenters. The van der Waals surface area contributed by atoms with Crippen LogP contribution in [-0.2, 0) is 22.6 Å².